The Morgan fingerprint density at radius 2 is 2.20 bits per heavy atom. The summed E-state index contributed by atoms with van der Waals surface area (Å²) in [7, 11) is 1.51. The van der Waals surface area contributed by atoms with E-state index in [9.17, 15) is 14.4 Å². The molecular formula is C13H15N3O4. The first-order chi connectivity index (χ1) is 9.56. The molecule has 0 radical (unpaired) electrons. The van der Waals surface area contributed by atoms with Crippen molar-refractivity contribution < 1.29 is 19.5 Å². The van der Waals surface area contributed by atoms with E-state index in [-0.39, 0.29) is 17.2 Å². The predicted octanol–water partition coefficient (Wildman–Crippen LogP) is 0.130. The number of likely N-dealkylation sites (tertiary alicyclic amines) is 1. The van der Waals surface area contributed by atoms with Crippen molar-refractivity contribution in [3.05, 3.63) is 29.6 Å². The van der Waals surface area contributed by atoms with Crippen molar-refractivity contribution in [1.82, 2.24) is 15.2 Å². The van der Waals surface area contributed by atoms with Crippen molar-refractivity contribution in [3.8, 4) is 0 Å². The minimum absolute atomic E-state index is 0.129. The van der Waals surface area contributed by atoms with E-state index in [0.717, 1.165) is 0 Å². The zero-order chi connectivity index (χ0) is 14.7. The third-order valence-corrected chi connectivity index (χ3v) is 3.30. The molecule has 20 heavy (non-hydrogen) atoms. The molecule has 0 spiro atoms. The molecule has 1 aliphatic rings. The summed E-state index contributed by atoms with van der Waals surface area (Å²) in [4.78, 5) is 40.5. The molecule has 1 aliphatic heterocycles. The number of pyridine rings is 1. The Kier molecular flexibility index (Phi) is 3.97. The van der Waals surface area contributed by atoms with E-state index in [1.54, 1.807) is 0 Å². The number of aromatic carboxylic acids is 1. The zero-order valence-corrected chi connectivity index (χ0v) is 11.0. The van der Waals surface area contributed by atoms with E-state index in [1.165, 1.54) is 30.3 Å². The van der Waals surface area contributed by atoms with Crippen LogP contribution in [0.3, 0.4) is 0 Å². The molecule has 7 heteroatoms. The van der Waals surface area contributed by atoms with Crippen LogP contribution in [-0.4, -0.2) is 52.4 Å². The van der Waals surface area contributed by atoms with E-state index < -0.39 is 17.9 Å². The number of carbonyl (C=O) groups excluding carboxylic acids is 2. The number of carbonyl (C=O) groups is 3. The minimum atomic E-state index is -1.21. The number of nitrogens with one attached hydrogen (secondary N) is 1. The van der Waals surface area contributed by atoms with Gasteiger partial charge in [0.15, 0.2) is 0 Å². The number of hydrogen-bond acceptors (Lipinski definition) is 4. The molecule has 2 heterocycles. The molecule has 1 atom stereocenters. The molecule has 7 nitrogen and oxygen atoms in total. The van der Waals surface area contributed by atoms with Gasteiger partial charge in [0.2, 0.25) is 5.91 Å². The molecule has 1 fully saturated rings. The quantitative estimate of drug-likeness (QED) is 0.818. The maximum atomic E-state index is 12.4. The average Bonchev–Trinajstić information content (AvgIpc) is 2.95. The monoisotopic (exact) mass is 277 g/mol. The van der Waals surface area contributed by atoms with Crippen LogP contribution >= 0.6 is 0 Å². The van der Waals surface area contributed by atoms with Gasteiger partial charge in [-0.25, -0.2) is 4.79 Å². The number of rotatable bonds is 3. The van der Waals surface area contributed by atoms with E-state index in [0.29, 0.717) is 19.4 Å². The Labute approximate surface area is 115 Å². The normalized spacial score (nSPS) is 17.9. The summed E-state index contributed by atoms with van der Waals surface area (Å²) in [6, 6.07) is 2.23. The molecule has 2 N–H and O–H groups in total. The van der Waals surface area contributed by atoms with Crippen molar-refractivity contribution in [2.45, 2.75) is 18.9 Å². The minimum Gasteiger partial charge on any atom is -0.478 e. The lowest BCUT2D eigenvalue weighted by Crippen LogP contribution is -2.45. The average molecular weight is 277 g/mol. The second-order valence-electron chi connectivity index (χ2n) is 4.48. The lowest BCUT2D eigenvalue weighted by Gasteiger charge is -2.23. The summed E-state index contributed by atoms with van der Waals surface area (Å²) in [6.45, 7) is 0.423. The number of aromatic nitrogens is 1. The third kappa shape index (κ3) is 2.47. The maximum absolute atomic E-state index is 12.4. The van der Waals surface area contributed by atoms with Crippen molar-refractivity contribution in [3.63, 3.8) is 0 Å². The second-order valence-corrected chi connectivity index (χ2v) is 4.48. The van der Waals surface area contributed by atoms with E-state index in [1.807, 2.05) is 0 Å². The Morgan fingerprint density at radius 3 is 2.85 bits per heavy atom. The predicted molar refractivity (Wildman–Crippen MR) is 69.3 cm³/mol. The van der Waals surface area contributed by atoms with Gasteiger partial charge in [0.05, 0.1) is 5.56 Å². The summed E-state index contributed by atoms with van der Waals surface area (Å²) in [5.74, 6) is -1.98. The topological polar surface area (TPSA) is 99.6 Å². The molecule has 106 valence electrons. The molecule has 0 aliphatic carbocycles. The summed E-state index contributed by atoms with van der Waals surface area (Å²) in [5, 5.41) is 11.6. The van der Waals surface area contributed by atoms with Crippen molar-refractivity contribution in [1.29, 1.82) is 0 Å². The molecule has 1 aromatic heterocycles. The van der Waals surface area contributed by atoms with Crippen LogP contribution in [0, 0.1) is 0 Å². The number of hydrogen-bond donors (Lipinski definition) is 2. The summed E-state index contributed by atoms with van der Waals surface area (Å²) < 4.78 is 0. The smallest absolute Gasteiger partial charge is 0.338 e. The first-order valence-electron chi connectivity index (χ1n) is 6.27. The Hall–Kier alpha value is -2.44. The molecule has 1 aromatic rings. The van der Waals surface area contributed by atoms with Crippen molar-refractivity contribution in [2.75, 3.05) is 13.6 Å². The van der Waals surface area contributed by atoms with Crippen LogP contribution in [-0.2, 0) is 4.79 Å². The van der Waals surface area contributed by atoms with E-state index in [4.69, 9.17) is 5.11 Å². The van der Waals surface area contributed by atoms with Crippen LogP contribution < -0.4 is 5.32 Å². The number of carboxylic acid groups (broad SMARTS) is 1. The van der Waals surface area contributed by atoms with Crippen LogP contribution in [0.25, 0.3) is 0 Å². The summed E-state index contributed by atoms with van der Waals surface area (Å²) >= 11 is 0. The molecule has 2 rings (SSSR count). The molecule has 0 bridgehead atoms. The number of likely N-dealkylation sites (N-methyl/N-ethyl adjacent to an activating group) is 1. The van der Waals surface area contributed by atoms with Gasteiger partial charge in [-0.1, -0.05) is 0 Å². The number of nitrogens with zero attached hydrogens (tertiary/aromatic N) is 2. The standard InChI is InChI=1S/C13H15N3O4/c1-14-11(17)9-5-3-7-16(9)12(18)10-8(13(19)20)4-2-6-15-10/h2,4,6,9H,3,5,7H2,1H3,(H,14,17)(H,19,20). The summed E-state index contributed by atoms with van der Waals surface area (Å²) in [6.07, 6.45) is 2.64. The van der Waals surface area contributed by atoms with Crippen LogP contribution in [0.5, 0.6) is 0 Å². The zero-order valence-electron chi connectivity index (χ0n) is 11.0. The fourth-order valence-corrected chi connectivity index (χ4v) is 2.33. The van der Waals surface area contributed by atoms with Gasteiger partial charge in [0.25, 0.3) is 5.91 Å². The van der Waals surface area contributed by atoms with Crippen LogP contribution in [0.15, 0.2) is 18.3 Å². The first-order valence-corrected chi connectivity index (χ1v) is 6.27. The Balaban J connectivity index is 2.32. The molecule has 1 saturated heterocycles. The molecule has 1 unspecified atom stereocenters. The molecular weight excluding hydrogens is 262 g/mol. The highest BCUT2D eigenvalue weighted by Gasteiger charge is 2.35. The van der Waals surface area contributed by atoms with Crippen LogP contribution in [0.1, 0.15) is 33.7 Å². The van der Waals surface area contributed by atoms with Gasteiger partial charge in [-0.15, -0.1) is 0 Å². The van der Waals surface area contributed by atoms with Gasteiger partial charge < -0.3 is 15.3 Å². The fourth-order valence-electron chi connectivity index (χ4n) is 2.33. The van der Waals surface area contributed by atoms with Gasteiger partial charge in [0.1, 0.15) is 11.7 Å². The maximum Gasteiger partial charge on any atom is 0.338 e. The number of carboxylic acids is 1. The van der Waals surface area contributed by atoms with Gasteiger partial charge in [-0.3, -0.25) is 14.6 Å². The lowest BCUT2D eigenvalue weighted by atomic mass is 10.1. The van der Waals surface area contributed by atoms with Gasteiger partial charge in [-0.2, -0.15) is 0 Å². The van der Waals surface area contributed by atoms with Crippen LogP contribution in [0.2, 0.25) is 0 Å². The Bertz CT molecular complexity index is 558. The molecule has 2 amide bonds. The van der Waals surface area contributed by atoms with E-state index >= 15 is 0 Å². The van der Waals surface area contributed by atoms with Gasteiger partial charge in [0, 0.05) is 19.8 Å². The number of amides is 2. The van der Waals surface area contributed by atoms with Crippen molar-refractivity contribution >= 4 is 17.8 Å². The lowest BCUT2D eigenvalue weighted by molar-refractivity contribution is -0.124. The molecule has 0 aromatic carbocycles. The highest BCUT2D eigenvalue weighted by atomic mass is 16.4. The third-order valence-electron chi connectivity index (χ3n) is 3.30. The van der Waals surface area contributed by atoms with Gasteiger partial charge >= 0.3 is 5.97 Å². The second kappa shape index (κ2) is 5.68. The van der Waals surface area contributed by atoms with Gasteiger partial charge in [-0.05, 0) is 25.0 Å². The summed E-state index contributed by atoms with van der Waals surface area (Å²) in [5.41, 5.74) is -0.282. The fraction of sp³-hybridized carbons (Fsp3) is 0.385. The SMILES string of the molecule is CNC(=O)C1CCCN1C(=O)c1ncccc1C(=O)O. The van der Waals surface area contributed by atoms with Crippen LogP contribution in [0.4, 0.5) is 0 Å². The molecule has 0 saturated carbocycles. The largest absolute Gasteiger partial charge is 0.478 e. The van der Waals surface area contributed by atoms with Crippen molar-refractivity contribution in [2.24, 2.45) is 0 Å². The van der Waals surface area contributed by atoms with E-state index in [2.05, 4.69) is 10.3 Å². The Morgan fingerprint density at radius 1 is 1.45 bits per heavy atom. The highest BCUT2D eigenvalue weighted by Crippen LogP contribution is 2.21. The first kappa shape index (κ1) is 14.0. The highest BCUT2D eigenvalue weighted by molar-refractivity contribution is 6.04.